The number of hydrogen-bond donors (Lipinski definition) is 1. The lowest BCUT2D eigenvalue weighted by atomic mass is 10.3. The van der Waals surface area contributed by atoms with Crippen LogP contribution in [0.15, 0.2) is 18.3 Å². The highest BCUT2D eigenvalue weighted by Crippen LogP contribution is 2.32. The number of aromatic nitrogens is 1. The molecule has 2 rings (SSSR count). The van der Waals surface area contributed by atoms with E-state index in [0.717, 1.165) is 10.2 Å². The lowest BCUT2D eigenvalue weighted by molar-refractivity contribution is 0.0607. The van der Waals surface area contributed by atoms with E-state index in [2.05, 4.69) is 9.72 Å². The van der Waals surface area contributed by atoms with Crippen molar-refractivity contribution in [2.75, 3.05) is 12.8 Å². The fraction of sp³-hybridized carbons (Fsp3) is 0.111. The van der Waals surface area contributed by atoms with Crippen LogP contribution in [0.3, 0.4) is 0 Å². The number of pyridine rings is 1. The van der Waals surface area contributed by atoms with E-state index in [-0.39, 0.29) is 12.4 Å². The number of fused-ring (bicyclic) bond motifs is 1. The van der Waals surface area contributed by atoms with Crippen molar-refractivity contribution in [3.8, 4) is 0 Å². The zero-order chi connectivity index (χ0) is 10.1. The van der Waals surface area contributed by atoms with Gasteiger partial charge in [0.2, 0.25) is 0 Å². The van der Waals surface area contributed by atoms with Crippen molar-refractivity contribution in [1.82, 2.24) is 4.98 Å². The molecule has 0 aliphatic carbocycles. The van der Waals surface area contributed by atoms with Gasteiger partial charge in [0.1, 0.15) is 9.71 Å². The molecular formula is C9H9ClN2O2S. The maximum Gasteiger partial charge on any atom is 0.350 e. The number of thiophene rings is 1. The van der Waals surface area contributed by atoms with Gasteiger partial charge in [0.15, 0.2) is 0 Å². The van der Waals surface area contributed by atoms with Crippen LogP contribution in [0, 0.1) is 0 Å². The molecular weight excluding hydrogens is 236 g/mol. The van der Waals surface area contributed by atoms with Gasteiger partial charge in [-0.2, -0.15) is 0 Å². The number of rotatable bonds is 1. The fourth-order valence-corrected chi connectivity index (χ4v) is 2.18. The number of nitrogen functional groups attached to an aromatic ring is 1. The van der Waals surface area contributed by atoms with Gasteiger partial charge in [0.25, 0.3) is 0 Å². The molecule has 0 spiro atoms. The summed E-state index contributed by atoms with van der Waals surface area (Å²) in [5.41, 5.74) is 6.23. The van der Waals surface area contributed by atoms with E-state index in [1.807, 2.05) is 6.07 Å². The van der Waals surface area contributed by atoms with Crippen molar-refractivity contribution in [1.29, 1.82) is 0 Å². The highest BCUT2D eigenvalue weighted by molar-refractivity contribution is 7.21. The highest BCUT2D eigenvalue weighted by Gasteiger charge is 2.16. The van der Waals surface area contributed by atoms with Crippen molar-refractivity contribution >= 4 is 45.6 Å². The number of hydrogen-bond acceptors (Lipinski definition) is 5. The fourth-order valence-electron chi connectivity index (χ4n) is 1.20. The molecule has 0 amide bonds. The SMILES string of the molecule is COC(=O)c1sc2ncccc2c1N.Cl. The molecule has 80 valence electrons. The molecule has 0 aliphatic rings. The Morgan fingerprint density at radius 3 is 2.93 bits per heavy atom. The summed E-state index contributed by atoms with van der Waals surface area (Å²) in [4.78, 5) is 16.6. The average Bonchev–Trinajstić information content (AvgIpc) is 2.56. The first-order valence-electron chi connectivity index (χ1n) is 3.95. The van der Waals surface area contributed by atoms with E-state index >= 15 is 0 Å². The van der Waals surface area contributed by atoms with E-state index in [9.17, 15) is 4.79 Å². The van der Waals surface area contributed by atoms with Crippen LogP contribution < -0.4 is 5.73 Å². The molecule has 0 saturated carbocycles. The van der Waals surface area contributed by atoms with Gasteiger partial charge >= 0.3 is 5.97 Å². The molecule has 0 aliphatic heterocycles. The number of anilines is 1. The smallest absolute Gasteiger partial charge is 0.350 e. The predicted molar refractivity (Wildman–Crippen MR) is 62.6 cm³/mol. The van der Waals surface area contributed by atoms with Crippen LogP contribution in [0.2, 0.25) is 0 Å². The number of nitrogens with two attached hydrogens (primary N) is 1. The first-order chi connectivity index (χ1) is 6.74. The number of methoxy groups -OCH3 is 1. The number of nitrogens with zero attached hydrogens (tertiary/aromatic N) is 1. The van der Waals surface area contributed by atoms with Gasteiger partial charge < -0.3 is 10.5 Å². The zero-order valence-corrected chi connectivity index (χ0v) is 9.52. The van der Waals surface area contributed by atoms with Gasteiger partial charge in [-0.1, -0.05) is 0 Å². The van der Waals surface area contributed by atoms with Crippen LogP contribution in [0.1, 0.15) is 9.67 Å². The molecule has 0 bridgehead atoms. The molecule has 2 aromatic rings. The summed E-state index contributed by atoms with van der Waals surface area (Å²) in [7, 11) is 1.33. The van der Waals surface area contributed by atoms with E-state index in [1.54, 1.807) is 12.3 Å². The Labute approximate surface area is 96.5 Å². The molecule has 15 heavy (non-hydrogen) atoms. The molecule has 0 fully saturated rings. The van der Waals surface area contributed by atoms with Gasteiger partial charge in [-0.3, -0.25) is 0 Å². The van der Waals surface area contributed by atoms with Crippen molar-refractivity contribution in [3.63, 3.8) is 0 Å². The number of esters is 1. The van der Waals surface area contributed by atoms with Crippen molar-refractivity contribution in [3.05, 3.63) is 23.2 Å². The Morgan fingerprint density at radius 1 is 1.60 bits per heavy atom. The van der Waals surface area contributed by atoms with Crippen LogP contribution in [0.4, 0.5) is 5.69 Å². The van der Waals surface area contributed by atoms with Crippen LogP contribution in [-0.2, 0) is 4.74 Å². The standard InChI is InChI=1S/C9H8N2O2S.ClH/c1-13-9(12)7-6(10)5-3-2-4-11-8(5)14-7;/h2-4H,10H2,1H3;1H. The molecule has 2 N–H and O–H groups in total. The number of halogens is 1. The summed E-state index contributed by atoms with van der Waals surface area (Å²) < 4.78 is 4.61. The summed E-state index contributed by atoms with van der Waals surface area (Å²) in [6.45, 7) is 0. The minimum Gasteiger partial charge on any atom is -0.465 e. The lowest BCUT2D eigenvalue weighted by Crippen LogP contribution is -2.01. The minimum atomic E-state index is -0.412. The third kappa shape index (κ3) is 1.88. The Kier molecular flexibility index (Phi) is 3.49. The highest BCUT2D eigenvalue weighted by atomic mass is 35.5. The summed E-state index contributed by atoms with van der Waals surface area (Å²) in [5, 5.41) is 0.804. The quantitative estimate of drug-likeness (QED) is 0.780. The molecule has 0 aromatic carbocycles. The largest absolute Gasteiger partial charge is 0.465 e. The van der Waals surface area contributed by atoms with Gasteiger partial charge in [-0.15, -0.1) is 23.7 Å². The van der Waals surface area contributed by atoms with Crippen molar-refractivity contribution in [2.24, 2.45) is 0 Å². The Morgan fingerprint density at radius 2 is 2.33 bits per heavy atom. The molecule has 0 saturated heterocycles. The molecule has 0 atom stereocenters. The second-order valence-corrected chi connectivity index (χ2v) is 3.69. The van der Waals surface area contributed by atoms with E-state index in [4.69, 9.17) is 5.73 Å². The molecule has 6 heteroatoms. The Hall–Kier alpha value is -1.33. The summed E-state index contributed by atoms with van der Waals surface area (Å²) in [6.07, 6.45) is 1.67. The van der Waals surface area contributed by atoms with E-state index in [0.29, 0.717) is 10.6 Å². The van der Waals surface area contributed by atoms with Crippen molar-refractivity contribution in [2.45, 2.75) is 0 Å². The summed E-state index contributed by atoms with van der Waals surface area (Å²) in [5.74, 6) is -0.412. The first-order valence-corrected chi connectivity index (χ1v) is 4.77. The number of carbonyl (C=O) groups excluding carboxylic acids is 1. The Bertz CT molecular complexity index is 498. The molecule has 0 radical (unpaired) electrons. The average molecular weight is 245 g/mol. The van der Waals surface area contributed by atoms with Gasteiger partial charge in [0, 0.05) is 11.6 Å². The van der Waals surface area contributed by atoms with Crippen molar-refractivity contribution < 1.29 is 9.53 Å². The van der Waals surface area contributed by atoms with Crippen LogP contribution in [0.5, 0.6) is 0 Å². The number of carbonyl (C=O) groups is 1. The van der Waals surface area contributed by atoms with Gasteiger partial charge in [-0.05, 0) is 12.1 Å². The van der Waals surface area contributed by atoms with E-state index < -0.39 is 5.97 Å². The third-order valence-electron chi connectivity index (χ3n) is 1.88. The maximum absolute atomic E-state index is 11.3. The molecule has 4 nitrogen and oxygen atoms in total. The summed E-state index contributed by atoms with van der Waals surface area (Å²) >= 11 is 1.25. The van der Waals surface area contributed by atoms with E-state index in [1.165, 1.54) is 18.4 Å². The Balaban J connectivity index is 0.00000112. The second kappa shape index (κ2) is 4.46. The predicted octanol–water partition coefficient (Wildman–Crippen LogP) is 2.09. The van der Waals surface area contributed by atoms with Gasteiger partial charge in [0.05, 0.1) is 12.8 Å². The van der Waals surface area contributed by atoms with Gasteiger partial charge in [-0.25, -0.2) is 9.78 Å². The lowest BCUT2D eigenvalue weighted by Gasteiger charge is -1.95. The monoisotopic (exact) mass is 244 g/mol. The third-order valence-corrected chi connectivity index (χ3v) is 2.98. The van der Waals surface area contributed by atoms with Crippen LogP contribution in [0.25, 0.3) is 10.2 Å². The normalized spacial score (nSPS) is 9.67. The van der Waals surface area contributed by atoms with Crippen LogP contribution >= 0.6 is 23.7 Å². The molecule has 2 aromatic heterocycles. The summed E-state index contributed by atoms with van der Waals surface area (Å²) in [6, 6.07) is 3.62. The first kappa shape index (κ1) is 11.7. The van der Waals surface area contributed by atoms with Crippen LogP contribution in [-0.4, -0.2) is 18.1 Å². The zero-order valence-electron chi connectivity index (χ0n) is 7.89. The molecule has 0 unspecified atom stereocenters. The topological polar surface area (TPSA) is 65.2 Å². The minimum absolute atomic E-state index is 0. The molecule has 2 heterocycles. The maximum atomic E-state index is 11.3. The number of ether oxygens (including phenoxy) is 1. The second-order valence-electron chi connectivity index (χ2n) is 2.69.